The van der Waals surface area contributed by atoms with E-state index in [1.807, 2.05) is 0 Å². The van der Waals surface area contributed by atoms with E-state index in [9.17, 15) is 19.0 Å². The minimum Gasteiger partial charge on any atom is -0.394 e. The molecule has 1 aromatic carbocycles. The number of fused-ring (bicyclic) bond motifs is 1. The van der Waals surface area contributed by atoms with Gasteiger partial charge in [0, 0.05) is 18.4 Å². The van der Waals surface area contributed by atoms with Crippen LogP contribution in [-0.4, -0.2) is 77.8 Å². The second-order valence-corrected chi connectivity index (χ2v) is 8.96. The molecule has 0 saturated heterocycles. The molecule has 0 aliphatic heterocycles. The van der Waals surface area contributed by atoms with Crippen molar-refractivity contribution >= 4 is 28.9 Å². The van der Waals surface area contributed by atoms with Crippen LogP contribution >= 0.6 is 11.9 Å². The first-order valence-corrected chi connectivity index (χ1v) is 11.6. The molecule has 0 amide bonds. The van der Waals surface area contributed by atoms with Crippen molar-refractivity contribution in [3.63, 3.8) is 0 Å². The van der Waals surface area contributed by atoms with E-state index in [1.165, 1.54) is 10.7 Å². The topological polar surface area (TPSA) is 164 Å². The smallest absolute Gasteiger partial charge is 0.206 e. The molecule has 2 aromatic heterocycles. The number of hydrogen-bond acceptors (Lipinski definition) is 11. The van der Waals surface area contributed by atoms with Gasteiger partial charge >= 0.3 is 0 Å². The maximum atomic E-state index is 13.6. The predicted molar refractivity (Wildman–Crippen MR) is 117 cm³/mol. The van der Waals surface area contributed by atoms with E-state index < -0.39 is 36.0 Å². The van der Waals surface area contributed by atoms with Gasteiger partial charge in [-0.2, -0.15) is 4.98 Å². The molecule has 0 unspecified atom stereocenters. The maximum Gasteiger partial charge on any atom is 0.206 e. The highest BCUT2D eigenvalue weighted by molar-refractivity contribution is 7.96. The zero-order valence-electron chi connectivity index (χ0n) is 17.8. The molecule has 2 fully saturated rings. The fourth-order valence-electron chi connectivity index (χ4n) is 4.41. The number of rotatable bonds is 8. The number of aromatic nitrogens is 5. The summed E-state index contributed by atoms with van der Waals surface area (Å²) >= 11 is 0.827. The van der Waals surface area contributed by atoms with Crippen LogP contribution in [0.1, 0.15) is 30.4 Å². The predicted octanol–water partition coefficient (Wildman–Crippen LogP) is 0.477. The number of hydrogen-bond donors (Lipinski definition) is 5. The van der Waals surface area contributed by atoms with Crippen molar-refractivity contribution < 1.29 is 28.8 Å². The van der Waals surface area contributed by atoms with E-state index in [4.69, 9.17) is 15.0 Å². The Labute approximate surface area is 196 Å². The molecule has 0 radical (unpaired) electrons. The van der Waals surface area contributed by atoms with E-state index in [2.05, 4.69) is 25.6 Å². The van der Waals surface area contributed by atoms with Crippen molar-refractivity contribution in [2.24, 2.45) is 5.14 Å². The van der Waals surface area contributed by atoms with Gasteiger partial charge in [-0.1, -0.05) is 11.3 Å². The number of aliphatic hydroxyl groups is 3. The summed E-state index contributed by atoms with van der Waals surface area (Å²) in [6.07, 6.45) is -2.11. The molecule has 2 heterocycles. The molecule has 0 bridgehead atoms. The second kappa shape index (κ2) is 9.28. The number of ether oxygens (including phenoxy) is 1. The van der Waals surface area contributed by atoms with Gasteiger partial charge in [0.1, 0.15) is 12.2 Å². The highest BCUT2D eigenvalue weighted by atomic mass is 32.2. The SMILES string of the molecule is NSc1nc(N[C@@H]2C[C@H]2c2ccc(F)c(F)c2)c2nnn([C@@H]3C[C@H](OCCO)[C@@H](O)[C@H]3O)c2n1. The van der Waals surface area contributed by atoms with Crippen LogP contribution in [0.25, 0.3) is 11.2 Å². The summed E-state index contributed by atoms with van der Waals surface area (Å²) in [5.74, 6) is -1.44. The first kappa shape index (κ1) is 23.3. The van der Waals surface area contributed by atoms with Gasteiger partial charge in [-0.25, -0.2) is 18.4 Å². The van der Waals surface area contributed by atoms with Crippen molar-refractivity contribution in [3.8, 4) is 0 Å². The molecule has 0 spiro atoms. The highest BCUT2D eigenvalue weighted by Crippen LogP contribution is 2.44. The van der Waals surface area contributed by atoms with Gasteiger partial charge in [0.05, 0.1) is 25.4 Å². The number of nitrogens with two attached hydrogens (primary N) is 1. The molecule has 6 N–H and O–H groups in total. The lowest BCUT2D eigenvalue weighted by Gasteiger charge is -2.17. The molecular weight excluding hydrogens is 472 g/mol. The van der Waals surface area contributed by atoms with E-state index in [0.29, 0.717) is 29.0 Å². The number of benzene rings is 1. The number of aliphatic hydroxyl groups excluding tert-OH is 3. The summed E-state index contributed by atoms with van der Waals surface area (Å²) in [6, 6.07) is 3.10. The largest absolute Gasteiger partial charge is 0.394 e. The van der Waals surface area contributed by atoms with Crippen LogP contribution in [0.4, 0.5) is 14.6 Å². The quantitative estimate of drug-likeness (QED) is 0.218. The summed E-state index contributed by atoms with van der Waals surface area (Å²) in [5.41, 5.74) is 1.33. The van der Waals surface area contributed by atoms with Crippen LogP contribution in [0.15, 0.2) is 23.4 Å². The Morgan fingerprint density at radius 1 is 1.18 bits per heavy atom. The molecule has 34 heavy (non-hydrogen) atoms. The van der Waals surface area contributed by atoms with Crippen molar-refractivity contribution in [2.45, 2.75) is 54.3 Å². The third-order valence-corrected chi connectivity index (χ3v) is 6.62. The summed E-state index contributed by atoms with van der Waals surface area (Å²) in [5, 5.41) is 47.4. The van der Waals surface area contributed by atoms with E-state index >= 15 is 0 Å². The number of halogens is 2. The number of nitrogens with zero attached hydrogens (tertiary/aromatic N) is 5. The Morgan fingerprint density at radius 2 is 2.00 bits per heavy atom. The van der Waals surface area contributed by atoms with Crippen molar-refractivity contribution in [1.82, 2.24) is 25.0 Å². The molecule has 2 aliphatic carbocycles. The fourth-order valence-corrected chi connectivity index (χ4v) is 4.69. The molecule has 14 heteroatoms. The molecule has 5 rings (SSSR count). The molecule has 182 valence electrons. The molecule has 3 aromatic rings. The molecule has 11 nitrogen and oxygen atoms in total. The Bertz CT molecular complexity index is 1200. The highest BCUT2D eigenvalue weighted by Gasteiger charge is 2.45. The van der Waals surface area contributed by atoms with Gasteiger partial charge < -0.3 is 25.4 Å². The Balaban J connectivity index is 1.41. The van der Waals surface area contributed by atoms with Crippen molar-refractivity contribution in [1.29, 1.82) is 0 Å². The van der Waals surface area contributed by atoms with Crippen LogP contribution in [0.5, 0.6) is 0 Å². The first-order chi connectivity index (χ1) is 16.4. The summed E-state index contributed by atoms with van der Waals surface area (Å²) < 4.78 is 33.7. The second-order valence-electron chi connectivity index (χ2n) is 8.36. The fraction of sp³-hybridized carbons (Fsp3) is 0.500. The van der Waals surface area contributed by atoms with Crippen LogP contribution in [0.2, 0.25) is 0 Å². The number of nitrogens with one attached hydrogen (secondary N) is 1. The van der Waals surface area contributed by atoms with E-state index in [-0.39, 0.29) is 36.8 Å². The van der Waals surface area contributed by atoms with Gasteiger partial charge in [0.2, 0.25) is 5.16 Å². The standard InChI is InChI=1S/C20H23F2N7O4S/c21-10-2-1-8(5-11(10)22)9-6-12(9)24-18-15-19(26-20(25-18)34-23)29(28-27-15)13-7-14(33-4-3-30)17(32)16(13)31/h1-2,5,9,12-14,16-17,30-32H,3-4,6-7,23H2,(H,24,25,26)/t9-,12+,13+,14-,16-,17+/m0/s1. The zero-order chi connectivity index (χ0) is 24.0. The van der Waals surface area contributed by atoms with Gasteiger partial charge in [-0.05, 0) is 36.1 Å². The van der Waals surface area contributed by atoms with E-state index in [0.717, 1.165) is 18.0 Å². The lowest BCUT2D eigenvalue weighted by Crippen LogP contribution is -2.33. The minimum absolute atomic E-state index is 0.0274. The van der Waals surface area contributed by atoms with Crippen LogP contribution in [0.3, 0.4) is 0 Å². The first-order valence-electron chi connectivity index (χ1n) is 10.7. The van der Waals surface area contributed by atoms with Gasteiger partial charge in [0.15, 0.2) is 28.6 Å². The summed E-state index contributed by atoms with van der Waals surface area (Å²) in [7, 11) is 0. The molecular formula is C20H23F2N7O4S. The van der Waals surface area contributed by atoms with Crippen molar-refractivity contribution in [2.75, 3.05) is 18.5 Å². The van der Waals surface area contributed by atoms with Crippen LogP contribution in [0, 0.1) is 11.6 Å². The monoisotopic (exact) mass is 495 g/mol. The summed E-state index contributed by atoms with van der Waals surface area (Å²) in [6.45, 7) is -0.174. The van der Waals surface area contributed by atoms with E-state index in [1.54, 1.807) is 6.07 Å². The van der Waals surface area contributed by atoms with Crippen LogP contribution in [-0.2, 0) is 4.74 Å². The van der Waals surface area contributed by atoms with Gasteiger partial charge in [0.25, 0.3) is 0 Å². The third-order valence-electron chi connectivity index (χ3n) is 6.23. The number of anilines is 1. The summed E-state index contributed by atoms with van der Waals surface area (Å²) in [4.78, 5) is 8.78. The van der Waals surface area contributed by atoms with Gasteiger partial charge in [-0.3, -0.25) is 5.14 Å². The average Bonchev–Trinajstić information content (AvgIpc) is 3.38. The van der Waals surface area contributed by atoms with Crippen LogP contribution < -0.4 is 10.5 Å². The molecule has 2 aliphatic rings. The minimum atomic E-state index is -1.19. The maximum absolute atomic E-state index is 13.6. The van der Waals surface area contributed by atoms with Crippen molar-refractivity contribution in [3.05, 3.63) is 35.4 Å². The van der Waals surface area contributed by atoms with Gasteiger partial charge in [-0.15, -0.1) is 5.10 Å². The Hall–Kier alpha value is -2.49. The zero-order valence-corrected chi connectivity index (χ0v) is 18.6. The normalized spacial score (nSPS) is 28.5. The average molecular weight is 496 g/mol. The Kier molecular flexibility index (Phi) is 6.35. The Morgan fingerprint density at radius 3 is 2.74 bits per heavy atom. The lowest BCUT2D eigenvalue weighted by molar-refractivity contribution is -0.0629. The molecule has 2 saturated carbocycles. The molecule has 6 atom stereocenters. The third kappa shape index (κ3) is 4.21. The lowest BCUT2D eigenvalue weighted by atomic mass is 10.1.